The standard InChI is InChI=1S/C25H26O3/c1-25(2,3)21-14-15-22(24(26)28-18-20-12-8-5-9-13-20)23(16-21)27-17-19-10-6-4-7-11-19/h4-16H,17-18H2,1-3H3. The maximum Gasteiger partial charge on any atom is 0.342 e. The van der Waals surface area contributed by atoms with Crippen molar-refractivity contribution in [2.45, 2.75) is 39.4 Å². The molecule has 0 heterocycles. The smallest absolute Gasteiger partial charge is 0.342 e. The van der Waals surface area contributed by atoms with Gasteiger partial charge in [0.1, 0.15) is 24.5 Å². The van der Waals surface area contributed by atoms with Gasteiger partial charge in [-0.05, 0) is 34.2 Å². The molecular weight excluding hydrogens is 348 g/mol. The summed E-state index contributed by atoms with van der Waals surface area (Å²) in [7, 11) is 0. The number of carbonyl (C=O) groups is 1. The molecule has 0 N–H and O–H groups in total. The van der Waals surface area contributed by atoms with Crippen LogP contribution in [0.2, 0.25) is 0 Å². The van der Waals surface area contributed by atoms with Gasteiger partial charge in [0.05, 0.1) is 0 Å². The summed E-state index contributed by atoms with van der Waals surface area (Å²) in [5.41, 5.74) is 3.51. The first kappa shape index (κ1) is 19.7. The van der Waals surface area contributed by atoms with Crippen LogP contribution in [0.4, 0.5) is 0 Å². The Bertz CT molecular complexity index is 910. The Labute approximate surface area is 166 Å². The molecule has 0 amide bonds. The maximum absolute atomic E-state index is 12.7. The van der Waals surface area contributed by atoms with E-state index in [2.05, 4.69) is 20.8 Å². The zero-order valence-corrected chi connectivity index (χ0v) is 16.6. The lowest BCUT2D eigenvalue weighted by atomic mass is 9.86. The minimum atomic E-state index is -0.382. The van der Waals surface area contributed by atoms with Gasteiger partial charge < -0.3 is 9.47 Å². The Morgan fingerprint density at radius 3 is 1.93 bits per heavy atom. The third-order valence-electron chi connectivity index (χ3n) is 4.52. The minimum absolute atomic E-state index is 0.0443. The summed E-state index contributed by atoms with van der Waals surface area (Å²) < 4.78 is 11.5. The van der Waals surface area contributed by atoms with Crippen LogP contribution in [-0.4, -0.2) is 5.97 Å². The highest BCUT2D eigenvalue weighted by Gasteiger charge is 2.20. The highest BCUT2D eigenvalue weighted by molar-refractivity contribution is 5.92. The van der Waals surface area contributed by atoms with Gasteiger partial charge in [0.2, 0.25) is 0 Å². The second-order valence-corrected chi connectivity index (χ2v) is 7.80. The monoisotopic (exact) mass is 374 g/mol. The molecule has 0 saturated heterocycles. The molecule has 3 nitrogen and oxygen atoms in total. The molecule has 3 aromatic carbocycles. The van der Waals surface area contributed by atoms with Crippen LogP contribution in [0.3, 0.4) is 0 Å². The van der Waals surface area contributed by atoms with Gasteiger partial charge in [0, 0.05) is 0 Å². The Hall–Kier alpha value is -3.07. The zero-order chi connectivity index (χ0) is 20.0. The summed E-state index contributed by atoms with van der Waals surface area (Å²) in [6.45, 7) is 7.04. The van der Waals surface area contributed by atoms with Crippen LogP contribution in [0, 0.1) is 0 Å². The Morgan fingerprint density at radius 2 is 1.36 bits per heavy atom. The first-order valence-corrected chi connectivity index (χ1v) is 9.46. The van der Waals surface area contributed by atoms with E-state index in [9.17, 15) is 4.79 Å². The fourth-order valence-corrected chi connectivity index (χ4v) is 2.81. The summed E-state index contributed by atoms with van der Waals surface area (Å²) in [5.74, 6) is 0.168. The van der Waals surface area contributed by atoms with E-state index in [4.69, 9.17) is 9.47 Å². The van der Waals surface area contributed by atoms with E-state index < -0.39 is 0 Å². The SMILES string of the molecule is CC(C)(C)c1ccc(C(=O)OCc2ccccc2)c(OCc2ccccc2)c1. The molecule has 28 heavy (non-hydrogen) atoms. The lowest BCUT2D eigenvalue weighted by Crippen LogP contribution is -2.14. The van der Waals surface area contributed by atoms with Gasteiger partial charge >= 0.3 is 5.97 Å². The van der Waals surface area contributed by atoms with Crippen LogP contribution in [0.15, 0.2) is 78.9 Å². The predicted molar refractivity (Wildman–Crippen MR) is 111 cm³/mol. The highest BCUT2D eigenvalue weighted by atomic mass is 16.5. The predicted octanol–water partition coefficient (Wildman–Crippen LogP) is 5.92. The normalized spacial score (nSPS) is 11.1. The van der Waals surface area contributed by atoms with Crippen molar-refractivity contribution >= 4 is 5.97 Å². The summed E-state index contributed by atoms with van der Waals surface area (Å²) in [6, 6.07) is 25.3. The average Bonchev–Trinajstić information content (AvgIpc) is 2.71. The zero-order valence-electron chi connectivity index (χ0n) is 16.6. The number of rotatable bonds is 6. The van der Waals surface area contributed by atoms with Crippen molar-refractivity contribution in [2.24, 2.45) is 0 Å². The second kappa shape index (κ2) is 8.75. The van der Waals surface area contributed by atoms with E-state index >= 15 is 0 Å². The van der Waals surface area contributed by atoms with Crippen molar-refractivity contribution in [1.82, 2.24) is 0 Å². The molecule has 0 saturated carbocycles. The topological polar surface area (TPSA) is 35.5 Å². The van der Waals surface area contributed by atoms with E-state index in [0.29, 0.717) is 17.9 Å². The lowest BCUT2D eigenvalue weighted by Gasteiger charge is -2.21. The molecule has 0 aromatic heterocycles. The van der Waals surface area contributed by atoms with E-state index in [1.165, 1.54) is 0 Å². The van der Waals surface area contributed by atoms with Crippen molar-refractivity contribution in [2.75, 3.05) is 0 Å². The third-order valence-corrected chi connectivity index (χ3v) is 4.52. The van der Waals surface area contributed by atoms with Gasteiger partial charge in [-0.15, -0.1) is 0 Å². The van der Waals surface area contributed by atoms with Gasteiger partial charge in [0.15, 0.2) is 0 Å². The number of carbonyl (C=O) groups excluding carboxylic acids is 1. The summed E-state index contributed by atoms with van der Waals surface area (Å²) in [5, 5.41) is 0. The van der Waals surface area contributed by atoms with Gasteiger partial charge in [-0.2, -0.15) is 0 Å². The molecule has 3 heteroatoms. The average molecular weight is 374 g/mol. The first-order chi connectivity index (χ1) is 13.4. The van der Waals surface area contributed by atoms with E-state index in [1.807, 2.05) is 72.8 Å². The van der Waals surface area contributed by atoms with Crippen molar-refractivity contribution in [3.8, 4) is 5.75 Å². The van der Waals surface area contributed by atoms with Crippen LogP contribution in [0.1, 0.15) is 47.8 Å². The van der Waals surface area contributed by atoms with Crippen LogP contribution < -0.4 is 4.74 Å². The van der Waals surface area contributed by atoms with Crippen molar-refractivity contribution < 1.29 is 14.3 Å². The van der Waals surface area contributed by atoms with Gasteiger partial charge in [-0.25, -0.2) is 4.79 Å². The molecule has 0 unspecified atom stereocenters. The van der Waals surface area contributed by atoms with Crippen molar-refractivity contribution in [1.29, 1.82) is 0 Å². The summed E-state index contributed by atoms with van der Waals surface area (Å²) in [6.07, 6.45) is 0. The Kier molecular flexibility index (Phi) is 6.15. The fraction of sp³-hybridized carbons (Fsp3) is 0.240. The van der Waals surface area contributed by atoms with Gasteiger partial charge in [0.25, 0.3) is 0 Å². The molecule has 144 valence electrons. The fourth-order valence-electron chi connectivity index (χ4n) is 2.81. The van der Waals surface area contributed by atoms with Crippen molar-refractivity contribution in [3.05, 3.63) is 101 Å². The van der Waals surface area contributed by atoms with Crippen molar-refractivity contribution in [3.63, 3.8) is 0 Å². The van der Waals surface area contributed by atoms with E-state index in [-0.39, 0.29) is 18.0 Å². The van der Waals surface area contributed by atoms with Gasteiger partial charge in [-0.3, -0.25) is 0 Å². The number of benzene rings is 3. The molecule has 0 atom stereocenters. The van der Waals surface area contributed by atoms with Crippen LogP contribution in [-0.2, 0) is 23.4 Å². The molecule has 3 aromatic rings. The molecule has 0 spiro atoms. The summed E-state index contributed by atoms with van der Waals surface area (Å²) >= 11 is 0. The molecule has 0 aliphatic carbocycles. The van der Waals surface area contributed by atoms with Gasteiger partial charge in [-0.1, -0.05) is 87.5 Å². The Balaban J connectivity index is 1.80. The number of esters is 1. The van der Waals surface area contributed by atoms with Crippen LogP contribution >= 0.6 is 0 Å². The molecule has 0 aliphatic heterocycles. The largest absolute Gasteiger partial charge is 0.488 e. The van der Waals surface area contributed by atoms with E-state index in [0.717, 1.165) is 16.7 Å². The lowest BCUT2D eigenvalue weighted by molar-refractivity contribution is 0.0467. The second-order valence-electron chi connectivity index (χ2n) is 7.80. The quantitative estimate of drug-likeness (QED) is 0.502. The third kappa shape index (κ3) is 5.23. The first-order valence-electron chi connectivity index (χ1n) is 9.46. The maximum atomic E-state index is 12.7. The van der Waals surface area contributed by atoms with Crippen LogP contribution in [0.25, 0.3) is 0 Å². The minimum Gasteiger partial charge on any atom is -0.488 e. The number of ether oxygens (including phenoxy) is 2. The van der Waals surface area contributed by atoms with Crippen LogP contribution in [0.5, 0.6) is 5.75 Å². The molecule has 0 aliphatic rings. The Morgan fingerprint density at radius 1 is 0.786 bits per heavy atom. The number of hydrogen-bond donors (Lipinski definition) is 0. The number of hydrogen-bond acceptors (Lipinski definition) is 3. The highest BCUT2D eigenvalue weighted by Crippen LogP contribution is 2.30. The summed E-state index contributed by atoms with van der Waals surface area (Å²) in [4.78, 5) is 12.7. The molecule has 0 radical (unpaired) electrons. The molecule has 0 bridgehead atoms. The molecule has 3 rings (SSSR count). The molecular formula is C25H26O3. The van der Waals surface area contributed by atoms with E-state index in [1.54, 1.807) is 6.07 Å². The molecule has 0 fully saturated rings.